The summed E-state index contributed by atoms with van der Waals surface area (Å²) in [6.45, 7) is 0. The highest BCUT2D eigenvalue weighted by atomic mass is 35.5. The van der Waals surface area contributed by atoms with Gasteiger partial charge in [-0.15, -0.1) is 11.8 Å². The first kappa shape index (κ1) is 16.6. The van der Waals surface area contributed by atoms with E-state index in [9.17, 15) is 4.79 Å². The number of halogens is 1. The van der Waals surface area contributed by atoms with Crippen LogP contribution in [0.15, 0.2) is 71.8 Å². The molecule has 1 amide bonds. The molecule has 0 saturated heterocycles. The fourth-order valence-electron chi connectivity index (χ4n) is 2.30. The van der Waals surface area contributed by atoms with Crippen LogP contribution in [0.1, 0.15) is 10.4 Å². The van der Waals surface area contributed by atoms with Gasteiger partial charge in [-0.05, 0) is 48.7 Å². The molecule has 0 aliphatic rings. The van der Waals surface area contributed by atoms with Crippen molar-refractivity contribution >= 4 is 35.0 Å². The maximum atomic E-state index is 12.5. The lowest BCUT2D eigenvalue weighted by Crippen LogP contribution is -2.12. The fourth-order valence-corrected chi connectivity index (χ4v) is 3.07. The molecule has 0 aliphatic carbocycles. The summed E-state index contributed by atoms with van der Waals surface area (Å²) in [6, 6.07) is 18.7. The second kappa shape index (κ2) is 7.51. The number of hydrogen-bond acceptors (Lipinski definition) is 3. The number of anilines is 1. The van der Waals surface area contributed by atoms with Crippen molar-refractivity contribution in [2.45, 2.75) is 4.90 Å². The van der Waals surface area contributed by atoms with Gasteiger partial charge in [-0.3, -0.25) is 9.78 Å². The van der Waals surface area contributed by atoms with Gasteiger partial charge >= 0.3 is 0 Å². The molecule has 2 aromatic carbocycles. The first-order valence-electron chi connectivity index (χ1n) is 7.34. The van der Waals surface area contributed by atoms with Crippen LogP contribution in [0.5, 0.6) is 0 Å². The highest BCUT2D eigenvalue weighted by molar-refractivity contribution is 7.98. The van der Waals surface area contributed by atoms with Crippen molar-refractivity contribution in [3.8, 4) is 11.3 Å². The number of hydrogen-bond donors (Lipinski definition) is 1. The number of carbonyl (C=O) groups is 1. The number of pyridine rings is 1. The number of nitrogens with zero attached hydrogens (tertiary/aromatic N) is 1. The summed E-state index contributed by atoms with van der Waals surface area (Å²) < 4.78 is 0. The van der Waals surface area contributed by atoms with Crippen LogP contribution in [0, 0.1) is 0 Å². The topological polar surface area (TPSA) is 42.0 Å². The average Bonchev–Trinajstić information content (AvgIpc) is 2.62. The molecule has 0 unspecified atom stereocenters. The molecule has 0 radical (unpaired) electrons. The van der Waals surface area contributed by atoms with E-state index in [0.29, 0.717) is 16.3 Å². The maximum Gasteiger partial charge on any atom is 0.257 e. The highest BCUT2D eigenvalue weighted by Gasteiger charge is 2.11. The molecular formula is C19H15ClN2OS. The van der Waals surface area contributed by atoms with E-state index >= 15 is 0 Å². The second-order valence-corrected chi connectivity index (χ2v) is 6.38. The Hall–Kier alpha value is -2.30. The van der Waals surface area contributed by atoms with Crippen LogP contribution >= 0.6 is 23.4 Å². The van der Waals surface area contributed by atoms with Gasteiger partial charge in [0.2, 0.25) is 0 Å². The van der Waals surface area contributed by atoms with E-state index in [1.807, 2.05) is 54.8 Å². The summed E-state index contributed by atoms with van der Waals surface area (Å²) in [6.07, 6.45) is 3.71. The molecule has 120 valence electrons. The Labute approximate surface area is 150 Å². The number of rotatable bonds is 4. The molecule has 0 spiro atoms. The van der Waals surface area contributed by atoms with Gasteiger partial charge in [0.05, 0.1) is 16.3 Å². The Morgan fingerprint density at radius 1 is 1.08 bits per heavy atom. The van der Waals surface area contributed by atoms with Crippen molar-refractivity contribution in [3.05, 3.63) is 77.4 Å². The van der Waals surface area contributed by atoms with E-state index in [2.05, 4.69) is 10.3 Å². The Balaban J connectivity index is 1.82. The molecule has 1 aromatic heterocycles. The van der Waals surface area contributed by atoms with E-state index in [1.54, 1.807) is 30.1 Å². The monoisotopic (exact) mass is 354 g/mol. The molecule has 3 rings (SSSR count). The molecule has 0 saturated carbocycles. The third-order valence-electron chi connectivity index (χ3n) is 3.50. The predicted molar refractivity (Wildman–Crippen MR) is 101 cm³/mol. The Morgan fingerprint density at radius 3 is 2.67 bits per heavy atom. The second-order valence-electron chi connectivity index (χ2n) is 5.10. The number of benzene rings is 2. The number of aromatic nitrogens is 1. The van der Waals surface area contributed by atoms with Crippen molar-refractivity contribution in [3.63, 3.8) is 0 Å². The number of carbonyl (C=O) groups excluding carboxylic acids is 1. The van der Waals surface area contributed by atoms with E-state index < -0.39 is 0 Å². The van der Waals surface area contributed by atoms with Crippen molar-refractivity contribution in [2.75, 3.05) is 11.6 Å². The Morgan fingerprint density at radius 2 is 1.96 bits per heavy atom. The minimum Gasteiger partial charge on any atom is -0.322 e. The summed E-state index contributed by atoms with van der Waals surface area (Å²) in [5.74, 6) is -0.231. The summed E-state index contributed by atoms with van der Waals surface area (Å²) >= 11 is 7.80. The normalized spacial score (nSPS) is 10.4. The minimum atomic E-state index is -0.231. The van der Waals surface area contributed by atoms with Crippen LogP contribution in [0.25, 0.3) is 11.3 Å². The minimum absolute atomic E-state index is 0.231. The maximum absolute atomic E-state index is 12.5. The fraction of sp³-hybridized carbons (Fsp3) is 0.0526. The molecule has 24 heavy (non-hydrogen) atoms. The van der Waals surface area contributed by atoms with Gasteiger partial charge in [-0.2, -0.15) is 0 Å². The molecule has 3 aromatic rings. The molecule has 5 heteroatoms. The van der Waals surface area contributed by atoms with Gasteiger partial charge in [0, 0.05) is 22.3 Å². The zero-order chi connectivity index (χ0) is 16.9. The summed E-state index contributed by atoms with van der Waals surface area (Å²) in [4.78, 5) is 17.8. The van der Waals surface area contributed by atoms with Crippen LogP contribution < -0.4 is 5.32 Å². The molecular weight excluding hydrogens is 340 g/mol. The van der Waals surface area contributed by atoms with Gasteiger partial charge in [-0.25, -0.2) is 0 Å². The summed E-state index contributed by atoms with van der Waals surface area (Å²) in [5, 5.41) is 3.33. The molecule has 1 N–H and O–H groups in total. The van der Waals surface area contributed by atoms with Crippen LogP contribution in [0.3, 0.4) is 0 Å². The number of thioether (sulfide) groups is 1. The molecule has 0 fully saturated rings. The van der Waals surface area contributed by atoms with Gasteiger partial charge in [0.1, 0.15) is 0 Å². The van der Waals surface area contributed by atoms with Crippen LogP contribution in [-0.2, 0) is 0 Å². The van der Waals surface area contributed by atoms with Crippen molar-refractivity contribution in [1.82, 2.24) is 4.98 Å². The first-order chi connectivity index (χ1) is 11.7. The van der Waals surface area contributed by atoms with E-state index in [-0.39, 0.29) is 5.91 Å². The van der Waals surface area contributed by atoms with E-state index in [1.165, 1.54) is 0 Å². The molecule has 0 atom stereocenters. The smallest absolute Gasteiger partial charge is 0.257 e. The van der Waals surface area contributed by atoms with Crippen LogP contribution in [0.4, 0.5) is 5.69 Å². The van der Waals surface area contributed by atoms with Gasteiger partial charge < -0.3 is 5.32 Å². The zero-order valence-corrected chi connectivity index (χ0v) is 14.6. The Kier molecular flexibility index (Phi) is 5.18. The lowest BCUT2D eigenvalue weighted by atomic mass is 10.1. The molecule has 3 nitrogen and oxygen atoms in total. The molecule has 0 bridgehead atoms. The lowest BCUT2D eigenvalue weighted by molar-refractivity contribution is 0.102. The predicted octanol–water partition coefficient (Wildman–Crippen LogP) is 5.38. The van der Waals surface area contributed by atoms with Gasteiger partial charge in [0.25, 0.3) is 5.91 Å². The zero-order valence-electron chi connectivity index (χ0n) is 13.0. The highest BCUT2D eigenvalue weighted by Crippen LogP contribution is 2.25. The van der Waals surface area contributed by atoms with E-state index in [0.717, 1.165) is 16.2 Å². The third kappa shape index (κ3) is 3.78. The average molecular weight is 355 g/mol. The van der Waals surface area contributed by atoms with Crippen molar-refractivity contribution in [1.29, 1.82) is 0 Å². The number of amides is 1. The summed E-state index contributed by atoms with van der Waals surface area (Å²) in [7, 11) is 0. The van der Waals surface area contributed by atoms with Crippen molar-refractivity contribution in [2.24, 2.45) is 0 Å². The standard InChI is InChI=1S/C19H15ClN2OS/c1-24-15-8-9-16(17(20)12-15)19(23)22-14-6-4-5-13(11-14)18-7-2-3-10-21-18/h2-12H,1H3,(H,22,23). The van der Waals surface area contributed by atoms with Crippen molar-refractivity contribution < 1.29 is 4.79 Å². The van der Waals surface area contributed by atoms with Gasteiger partial charge in [-0.1, -0.05) is 29.8 Å². The van der Waals surface area contributed by atoms with Crippen LogP contribution in [-0.4, -0.2) is 17.1 Å². The quantitative estimate of drug-likeness (QED) is 0.640. The first-order valence-corrected chi connectivity index (χ1v) is 8.94. The molecule has 1 heterocycles. The largest absolute Gasteiger partial charge is 0.322 e. The van der Waals surface area contributed by atoms with Crippen LogP contribution in [0.2, 0.25) is 5.02 Å². The summed E-state index contributed by atoms with van der Waals surface area (Å²) in [5.41, 5.74) is 2.96. The van der Waals surface area contributed by atoms with E-state index in [4.69, 9.17) is 11.6 Å². The van der Waals surface area contributed by atoms with Gasteiger partial charge in [0.15, 0.2) is 0 Å². The Bertz CT molecular complexity index is 868. The molecule has 0 aliphatic heterocycles. The lowest BCUT2D eigenvalue weighted by Gasteiger charge is -2.09. The number of nitrogens with one attached hydrogen (secondary N) is 1. The third-order valence-corrected chi connectivity index (χ3v) is 4.54. The SMILES string of the molecule is CSc1ccc(C(=O)Nc2cccc(-c3ccccn3)c2)c(Cl)c1.